The van der Waals surface area contributed by atoms with Crippen LogP contribution < -0.4 is 0 Å². The van der Waals surface area contributed by atoms with E-state index >= 15 is 0 Å². The van der Waals surface area contributed by atoms with Crippen LogP contribution in [0.25, 0.3) is 10.9 Å². The van der Waals surface area contributed by atoms with Gasteiger partial charge >= 0.3 is 0 Å². The molecule has 0 saturated carbocycles. The Hall–Kier alpha value is -2.56. The topological polar surface area (TPSA) is 53.9 Å². The zero-order chi connectivity index (χ0) is 16.7. The summed E-state index contributed by atoms with van der Waals surface area (Å²) in [5.41, 5.74) is 3.94. The van der Waals surface area contributed by atoms with E-state index in [2.05, 4.69) is 23.1 Å². The summed E-state index contributed by atoms with van der Waals surface area (Å²) in [5, 5.41) is 5.68. The molecule has 0 radical (unpaired) electrons. The van der Waals surface area contributed by atoms with Crippen LogP contribution in [0.15, 0.2) is 36.5 Å². The highest BCUT2D eigenvalue weighted by Crippen LogP contribution is 2.23. The molecule has 1 N–H and O–H groups in total. The maximum absolute atomic E-state index is 13.0. The Morgan fingerprint density at radius 1 is 1.29 bits per heavy atom. The summed E-state index contributed by atoms with van der Waals surface area (Å²) in [5.74, 6) is 0.121. The second-order valence-corrected chi connectivity index (χ2v) is 6.68. The summed E-state index contributed by atoms with van der Waals surface area (Å²) in [7, 11) is 0. The molecule has 3 heterocycles. The van der Waals surface area contributed by atoms with Crippen molar-refractivity contribution < 1.29 is 4.79 Å². The molecule has 5 heteroatoms. The van der Waals surface area contributed by atoms with E-state index in [-0.39, 0.29) is 11.9 Å². The molecule has 24 heavy (non-hydrogen) atoms. The van der Waals surface area contributed by atoms with Crippen LogP contribution in [-0.4, -0.2) is 38.2 Å². The van der Waals surface area contributed by atoms with Gasteiger partial charge in [0, 0.05) is 29.5 Å². The number of likely N-dealkylation sites (tertiary alicyclic amines) is 1. The molecule has 2 aromatic heterocycles. The van der Waals surface area contributed by atoms with Crippen molar-refractivity contribution in [1.82, 2.24) is 19.7 Å². The van der Waals surface area contributed by atoms with Gasteiger partial charge in [0.15, 0.2) is 0 Å². The minimum absolute atomic E-state index is 0.121. The standard InChI is InChI=1S/C19H22N4O/c1-13-10-14(2)23(21-13)12-17-4-3-9-22(17)19(24)16-6-5-15-7-8-20-18(15)11-16/h5-8,10-11,17,20H,3-4,9,12H2,1-2H3. The summed E-state index contributed by atoms with van der Waals surface area (Å²) < 4.78 is 2.03. The maximum Gasteiger partial charge on any atom is 0.254 e. The van der Waals surface area contributed by atoms with Gasteiger partial charge in [-0.15, -0.1) is 0 Å². The van der Waals surface area contributed by atoms with Crippen molar-refractivity contribution in [3.05, 3.63) is 53.5 Å². The second-order valence-electron chi connectivity index (χ2n) is 6.68. The maximum atomic E-state index is 13.0. The fourth-order valence-corrected chi connectivity index (χ4v) is 3.70. The summed E-state index contributed by atoms with van der Waals surface area (Å²) in [6, 6.07) is 10.2. The number of amides is 1. The van der Waals surface area contributed by atoms with Crippen molar-refractivity contribution in [3.63, 3.8) is 0 Å². The van der Waals surface area contributed by atoms with E-state index in [1.54, 1.807) is 0 Å². The number of aromatic nitrogens is 3. The lowest BCUT2D eigenvalue weighted by Crippen LogP contribution is -2.38. The first-order valence-corrected chi connectivity index (χ1v) is 8.51. The lowest BCUT2D eigenvalue weighted by molar-refractivity contribution is 0.0721. The minimum Gasteiger partial charge on any atom is -0.361 e. The molecular weight excluding hydrogens is 300 g/mol. The van der Waals surface area contributed by atoms with Crippen LogP contribution in [-0.2, 0) is 6.54 Å². The zero-order valence-electron chi connectivity index (χ0n) is 14.1. The molecule has 1 aliphatic rings. The van der Waals surface area contributed by atoms with Crippen LogP contribution in [0.1, 0.15) is 34.6 Å². The number of carbonyl (C=O) groups excluding carboxylic acids is 1. The van der Waals surface area contributed by atoms with E-state index in [9.17, 15) is 4.79 Å². The van der Waals surface area contributed by atoms with E-state index < -0.39 is 0 Å². The smallest absolute Gasteiger partial charge is 0.254 e. The molecule has 1 unspecified atom stereocenters. The first-order valence-electron chi connectivity index (χ1n) is 8.51. The van der Waals surface area contributed by atoms with Crippen LogP contribution in [0.4, 0.5) is 0 Å². The summed E-state index contributed by atoms with van der Waals surface area (Å²) in [6.07, 6.45) is 4.00. The molecule has 5 nitrogen and oxygen atoms in total. The van der Waals surface area contributed by atoms with Crippen molar-refractivity contribution in [1.29, 1.82) is 0 Å². The number of aryl methyl sites for hydroxylation is 2. The molecule has 1 saturated heterocycles. The van der Waals surface area contributed by atoms with Gasteiger partial charge in [-0.05, 0) is 56.3 Å². The van der Waals surface area contributed by atoms with Crippen LogP contribution in [0.3, 0.4) is 0 Å². The van der Waals surface area contributed by atoms with Crippen molar-refractivity contribution in [2.24, 2.45) is 0 Å². The van der Waals surface area contributed by atoms with Gasteiger partial charge in [0.2, 0.25) is 0 Å². The Morgan fingerprint density at radius 2 is 2.17 bits per heavy atom. The average Bonchev–Trinajstić information content (AvgIpc) is 3.27. The molecule has 0 bridgehead atoms. The van der Waals surface area contributed by atoms with Gasteiger partial charge < -0.3 is 9.88 Å². The first-order chi connectivity index (χ1) is 11.6. The predicted molar refractivity (Wildman–Crippen MR) is 94.1 cm³/mol. The highest BCUT2D eigenvalue weighted by molar-refractivity contribution is 5.98. The fourth-order valence-electron chi connectivity index (χ4n) is 3.70. The highest BCUT2D eigenvalue weighted by Gasteiger charge is 2.30. The highest BCUT2D eigenvalue weighted by atomic mass is 16.2. The number of benzene rings is 1. The zero-order valence-corrected chi connectivity index (χ0v) is 14.1. The Bertz CT molecular complexity index is 892. The van der Waals surface area contributed by atoms with Crippen LogP contribution >= 0.6 is 0 Å². The van der Waals surface area contributed by atoms with Gasteiger partial charge in [-0.1, -0.05) is 6.07 Å². The van der Waals surface area contributed by atoms with Crippen molar-refractivity contribution in [2.75, 3.05) is 6.54 Å². The SMILES string of the molecule is Cc1cc(C)n(CC2CCCN2C(=O)c2ccc3cc[nH]c3c2)n1. The van der Waals surface area contributed by atoms with Crippen LogP contribution in [0.2, 0.25) is 0 Å². The predicted octanol–water partition coefficient (Wildman–Crippen LogP) is 3.29. The van der Waals surface area contributed by atoms with E-state index in [4.69, 9.17) is 0 Å². The molecule has 0 aliphatic carbocycles. The van der Waals surface area contributed by atoms with Crippen LogP contribution in [0, 0.1) is 13.8 Å². The van der Waals surface area contributed by atoms with Gasteiger partial charge in [-0.25, -0.2) is 0 Å². The molecule has 1 aromatic carbocycles. The molecule has 3 aromatic rings. The van der Waals surface area contributed by atoms with E-state index in [0.717, 1.165) is 53.8 Å². The van der Waals surface area contributed by atoms with Gasteiger partial charge in [-0.3, -0.25) is 9.48 Å². The van der Waals surface area contributed by atoms with Crippen molar-refractivity contribution in [3.8, 4) is 0 Å². The third-order valence-corrected chi connectivity index (χ3v) is 4.93. The molecule has 1 aliphatic heterocycles. The third-order valence-electron chi connectivity index (χ3n) is 4.93. The second kappa shape index (κ2) is 5.82. The van der Waals surface area contributed by atoms with Crippen molar-refractivity contribution in [2.45, 2.75) is 39.3 Å². The van der Waals surface area contributed by atoms with Crippen molar-refractivity contribution >= 4 is 16.8 Å². The van der Waals surface area contributed by atoms with Gasteiger partial charge in [-0.2, -0.15) is 5.10 Å². The average molecular weight is 322 g/mol. The third kappa shape index (κ3) is 2.60. The number of fused-ring (bicyclic) bond motifs is 1. The lowest BCUT2D eigenvalue weighted by Gasteiger charge is -2.25. The number of rotatable bonds is 3. The van der Waals surface area contributed by atoms with E-state index in [1.165, 1.54) is 0 Å². The number of nitrogens with zero attached hydrogens (tertiary/aromatic N) is 3. The first kappa shape index (κ1) is 15.0. The van der Waals surface area contributed by atoms with E-state index in [0.29, 0.717) is 0 Å². The van der Waals surface area contributed by atoms with Gasteiger partial charge in [0.25, 0.3) is 5.91 Å². The monoisotopic (exact) mass is 322 g/mol. The molecular formula is C19H22N4O. The largest absolute Gasteiger partial charge is 0.361 e. The fraction of sp³-hybridized carbons (Fsp3) is 0.368. The summed E-state index contributed by atoms with van der Waals surface area (Å²) in [4.78, 5) is 18.2. The molecule has 1 amide bonds. The van der Waals surface area contributed by atoms with E-state index in [1.807, 2.05) is 47.0 Å². The number of hydrogen-bond donors (Lipinski definition) is 1. The quantitative estimate of drug-likeness (QED) is 0.804. The molecule has 0 spiro atoms. The van der Waals surface area contributed by atoms with Crippen LogP contribution in [0.5, 0.6) is 0 Å². The summed E-state index contributed by atoms with van der Waals surface area (Å²) >= 11 is 0. The minimum atomic E-state index is 0.121. The Labute approximate surface area is 141 Å². The molecule has 124 valence electrons. The summed E-state index contributed by atoms with van der Waals surface area (Å²) in [6.45, 7) is 5.68. The van der Waals surface area contributed by atoms with Gasteiger partial charge in [0.1, 0.15) is 0 Å². The Kier molecular flexibility index (Phi) is 3.63. The molecule has 1 atom stereocenters. The molecule has 4 rings (SSSR count). The Balaban J connectivity index is 1.57. The number of H-pyrrole nitrogens is 1. The number of hydrogen-bond acceptors (Lipinski definition) is 2. The normalized spacial score (nSPS) is 17.8. The number of nitrogens with one attached hydrogen (secondary N) is 1. The lowest BCUT2D eigenvalue weighted by atomic mass is 10.1. The van der Waals surface area contributed by atoms with Gasteiger partial charge in [0.05, 0.1) is 18.3 Å². The number of aromatic amines is 1. The molecule has 1 fully saturated rings. The number of carbonyl (C=O) groups is 1. The Morgan fingerprint density at radius 3 is 2.96 bits per heavy atom.